The molecule has 0 aliphatic carbocycles. The number of rotatable bonds is 8. The van der Waals surface area contributed by atoms with E-state index in [-0.39, 0.29) is 22.6 Å². The Labute approximate surface area is 228 Å². The lowest BCUT2D eigenvalue weighted by Crippen LogP contribution is -1.98. The van der Waals surface area contributed by atoms with E-state index in [1.165, 1.54) is 6.08 Å². The van der Waals surface area contributed by atoms with Crippen molar-refractivity contribution in [2.45, 2.75) is 11.8 Å². The van der Waals surface area contributed by atoms with E-state index in [1.54, 1.807) is 60.7 Å². The highest BCUT2D eigenvalue weighted by Crippen LogP contribution is 2.33. The average Bonchev–Trinajstić information content (AvgIpc) is 3.28. The number of aromatic nitrogens is 2. The number of nitrogens with zero attached hydrogens (tertiary/aromatic N) is 2. The van der Waals surface area contributed by atoms with Crippen molar-refractivity contribution in [1.29, 1.82) is 0 Å². The van der Waals surface area contributed by atoms with E-state index < -0.39 is 5.97 Å². The van der Waals surface area contributed by atoms with Crippen molar-refractivity contribution in [2.75, 3.05) is 0 Å². The second-order valence-corrected chi connectivity index (χ2v) is 10.1. The number of carbonyl (C=O) groups is 1. The molecule has 0 radical (unpaired) electrons. The largest absolute Gasteiger partial charge is 0.488 e. The highest BCUT2D eigenvalue weighted by Gasteiger charge is 2.16. The normalized spacial score (nSPS) is 11.5. The Bertz CT molecular complexity index is 1410. The Kier molecular flexibility index (Phi) is 8.41. The number of carboxylic acids is 1. The molecule has 0 fully saturated rings. The number of halogens is 4. The van der Waals surface area contributed by atoms with Gasteiger partial charge in [0, 0.05) is 26.2 Å². The van der Waals surface area contributed by atoms with Crippen molar-refractivity contribution in [3.8, 4) is 17.2 Å². The van der Waals surface area contributed by atoms with Crippen LogP contribution < -0.4 is 4.74 Å². The zero-order valence-corrected chi connectivity index (χ0v) is 22.2. The van der Waals surface area contributed by atoms with E-state index in [9.17, 15) is 9.90 Å². The first-order valence-electron chi connectivity index (χ1n) is 9.87. The van der Waals surface area contributed by atoms with Crippen molar-refractivity contribution in [3.63, 3.8) is 0 Å². The molecule has 0 bridgehead atoms. The third-order valence-corrected chi connectivity index (χ3v) is 6.87. The second-order valence-electron chi connectivity index (χ2n) is 7.01. The molecule has 4 rings (SSSR count). The Morgan fingerprint density at radius 3 is 2.46 bits per heavy atom. The van der Waals surface area contributed by atoms with Crippen LogP contribution in [0.5, 0.6) is 5.75 Å². The number of benzene rings is 3. The fourth-order valence-corrected chi connectivity index (χ4v) is 4.63. The Balaban J connectivity index is 1.48. The van der Waals surface area contributed by atoms with E-state index in [4.69, 9.17) is 44.0 Å². The van der Waals surface area contributed by atoms with Crippen LogP contribution in [0.25, 0.3) is 17.5 Å². The molecular weight excluding hydrogens is 599 g/mol. The molecule has 1 aromatic heterocycles. The van der Waals surface area contributed by atoms with Gasteiger partial charge in [0.05, 0.1) is 4.47 Å². The number of carboxylic acid groups (broad SMARTS) is 1. The SMILES string of the molecule is O=C(O)/C(=C/c1ccc(OCc2ccc(Cl)cc2Cl)c(Br)c1)Sc1nnc(-c2ccc(Cl)cc2)o1. The lowest BCUT2D eigenvalue weighted by molar-refractivity contribution is -0.131. The van der Waals surface area contributed by atoms with Crippen LogP contribution in [-0.4, -0.2) is 21.3 Å². The zero-order valence-electron chi connectivity index (χ0n) is 17.5. The van der Waals surface area contributed by atoms with Gasteiger partial charge in [0.25, 0.3) is 5.22 Å². The molecule has 0 aliphatic heterocycles. The van der Waals surface area contributed by atoms with Gasteiger partial charge in [0.15, 0.2) is 0 Å². The first-order valence-corrected chi connectivity index (χ1v) is 12.6. The quantitative estimate of drug-likeness (QED) is 0.158. The topological polar surface area (TPSA) is 85.5 Å². The maximum Gasteiger partial charge on any atom is 0.342 e. The third-order valence-electron chi connectivity index (χ3n) is 4.56. The Hall–Kier alpha value is -2.49. The summed E-state index contributed by atoms with van der Waals surface area (Å²) in [6.45, 7) is 0.243. The van der Waals surface area contributed by atoms with Crippen molar-refractivity contribution >= 4 is 74.5 Å². The Morgan fingerprint density at radius 2 is 1.77 bits per heavy atom. The third kappa shape index (κ3) is 6.80. The molecule has 35 heavy (non-hydrogen) atoms. The van der Waals surface area contributed by atoms with E-state index in [1.807, 2.05) is 0 Å². The molecule has 1 N–H and O–H groups in total. The average molecular weight is 613 g/mol. The van der Waals surface area contributed by atoms with Gasteiger partial charge in [-0.2, -0.15) is 0 Å². The van der Waals surface area contributed by atoms with Gasteiger partial charge < -0.3 is 14.3 Å². The summed E-state index contributed by atoms with van der Waals surface area (Å²) in [6, 6.07) is 17.3. The zero-order chi connectivity index (χ0) is 24.9. The first-order chi connectivity index (χ1) is 16.8. The molecule has 0 aliphatic rings. The fourth-order valence-electron chi connectivity index (χ4n) is 2.86. The summed E-state index contributed by atoms with van der Waals surface area (Å²) in [6.07, 6.45) is 1.50. The second kappa shape index (κ2) is 11.5. The number of thioether (sulfide) groups is 1. The lowest BCUT2D eigenvalue weighted by atomic mass is 10.2. The molecule has 6 nitrogen and oxygen atoms in total. The van der Waals surface area contributed by atoms with E-state index >= 15 is 0 Å². The summed E-state index contributed by atoms with van der Waals surface area (Å²) < 4.78 is 12.1. The molecule has 0 amide bonds. The molecule has 0 saturated heterocycles. The summed E-state index contributed by atoms with van der Waals surface area (Å²) >= 11 is 22.3. The van der Waals surface area contributed by atoms with Crippen molar-refractivity contribution < 1.29 is 19.1 Å². The minimum atomic E-state index is -1.13. The van der Waals surface area contributed by atoms with Crippen LogP contribution in [0.4, 0.5) is 0 Å². The van der Waals surface area contributed by atoms with Crippen molar-refractivity contribution in [2.24, 2.45) is 0 Å². The van der Waals surface area contributed by atoms with Gasteiger partial charge in [-0.25, -0.2) is 4.79 Å². The number of hydrogen-bond donors (Lipinski definition) is 1. The van der Waals surface area contributed by atoms with Gasteiger partial charge >= 0.3 is 5.97 Å². The molecule has 178 valence electrons. The molecule has 11 heteroatoms. The molecule has 4 aromatic rings. The summed E-state index contributed by atoms with van der Waals surface area (Å²) in [7, 11) is 0. The Morgan fingerprint density at radius 1 is 1.03 bits per heavy atom. The lowest BCUT2D eigenvalue weighted by Gasteiger charge is -2.10. The van der Waals surface area contributed by atoms with Crippen LogP contribution in [0, 0.1) is 0 Å². The van der Waals surface area contributed by atoms with Crippen LogP contribution in [0.2, 0.25) is 15.1 Å². The van der Waals surface area contributed by atoms with Gasteiger partial charge in [-0.15, -0.1) is 10.2 Å². The highest BCUT2D eigenvalue weighted by molar-refractivity contribution is 9.10. The van der Waals surface area contributed by atoms with Crippen LogP contribution in [0.1, 0.15) is 11.1 Å². The number of ether oxygens (including phenoxy) is 1. The van der Waals surface area contributed by atoms with Crippen molar-refractivity contribution in [1.82, 2.24) is 10.2 Å². The van der Waals surface area contributed by atoms with Crippen LogP contribution in [0.15, 0.2) is 79.7 Å². The number of aliphatic carboxylic acids is 1. The molecule has 0 saturated carbocycles. The molecule has 3 aromatic carbocycles. The smallest absolute Gasteiger partial charge is 0.342 e. The van der Waals surface area contributed by atoms with E-state index in [0.29, 0.717) is 36.4 Å². The van der Waals surface area contributed by atoms with Crippen LogP contribution in [0.3, 0.4) is 0 Å². The standard InChI is InChI=1S/C24H14BrCl3N2O4S/c25-18-9-13(1-8-20(18)33-12-15-4-7-17(27)11-19(15)28)10-21(23(31)32)35-24-30-29-22(34-24)14-2-5-16(26)6-3-14/h1-11H,12H2,(H,31,32)/b21-10-. The van der Waals surface area contributed by atoms with E-state index in [2.05, 4.69) is 26.1 Å². The summed E-state index contributed by atoms with van der Waals surface area (Å²) in [5, 5.41) is 19.3. The molecule has 0 atom stereocenters. The van der Waals surface area contributed by atoms with E-state index in [0.717, 1.165) is 17.3 Å². The van der Waals surface area contributed by atoms with Crippen LogP contribution >= 0.6 is 62.5 Å². The predicted octanol–water partition coefficient (Wildman–Crippen LogP) is 8.26. The summed E-state index contributed by atoms with van der Waals surface area (Å²) in [4.78, 5) is 11.8. The molecule has 1 heterocycles. The predicted molar refractivity (Wildman–Crippen MR) is 141 cm³/mol. The summed E-state index contributed by atoms with van der Waals surface area (Å²) in [5.74, 6) is -0.295. The van der Waals surface area contributed by atoms with Crippen molar-refractivity contribution in [3.05, 3.63) is 96.2 Å². The monoisotopic (exact) mass is 610 g/mol. The minimum absolute atomic E-state index is 0.00446. The fraction of sp³-hybridized carbons (Fsp3) is 0.0417. The molecule has 0 unspecified atom stereocenters. The number of hydrogen-bond acceptors (Lipinski definition) is 6. The first kappa shape index (κ1) is 25.6. The van der Waals surface area contributed by atoms with Gasteiger partial charge in [-0.1, -0.05) is 46.9 Å². The van der Waals surface area contributed by atoms with Gasteiger partial charge in [-0.3, -0.25) is 0 Å². The minimum Gasteiger partial charge on any atom is -0.488 e. The molecular formula is C24H14BrCl3N2O4S. The van der Waals surface area contributed by atoms with Crippen LogP contribution in [-0.2, 0) is 11.4 Å². The van der Waals surface area contributed by atoms with Gasteiger partial charge in [0.1, 0.15) is 17.3 Å². The summed E-state index contributed by atoms with van der Waals surface area (Å²) in [5.41, 5.74) is 2.10. The molecule has 0 spiro atoms. The maximum absolute atomic E-state index is 11.8. The van der Waals surface area contributed by atoms with Gasteiger partial charge in [-0.05, 0) is 87.9 Å². The highest BCUT2D eigenvalue weighted by atomic mass is 79.9. The van der Waals surface area contributed by atoms with Gasteiger partial charge in [0.2, 0.25) is 5.89 Å². The maximum atomic E-state index is 11.8.